The van der Waals surface area contributed by atoms with Gasteiger partial charge in [-0.3, -0.25) is 18.6 Å². The first kappa shape index (κ1) is 111. The fourth-order valence-electron chi connectivity index (χ4n) is 16.6. The summed E-state index contributed by atoms with van der Waals surface area (Å²) in [7, 11) is -3.86. The number of carbonyl (C=O) groups excluding carboxylic acids is 3. The van der Waals surface area contributed by atoms with Crippen LogP contribution in [0.1, 0.15) is 140 Å². The van der Waals surface area contributed by atoms with Crippen LogP contribution in [0.4, 0.5) is 60.1 Å². The summed E-state index contributed by atoms with van der Waals surface area (Å²) in [5.74, 6) is -8.78. The van der Waals surface area contributed by atoms with Gasteiger partial charge in [0.05, 0.1) is 91.1 Å². The number of carbonyl (C=O) groups is 4. The largest absolute Gasteiger partial charge is 1.00 e. The second-order valence-electron chi connectivity index (χ2n) is 34.0. The summed E-state index contributed by atoms with van der Waals surface area (Å²) in [6.07, 6.45) is 2.45. The molecule has 730 valence electrons. The molecule has 34 heteroatoms. The predicted molar refractivity (Wildman–Crippen MR) is 498 cm³/mol. The number of allylic oxidation sites excluding steroid dienone is 2. The van der Waals surface area contributed by atoms with Crippen molar-refractivity contribution in [1.29, 1.82) is 0 Å². The maximum absolute atomic E-state index is 14.4. The molecule has 0 aliphatic carbocycles. The van der Waals surface area contributed by atoms with Crippen molar-refractivity contribution in [3.63, 3.8) is 0 Å². The molecule has 10 atom stereocenters. The molecule has 0 unspecified atom stereocenters. The molecule has 1 aromatic heterocycles. The number of aromatic nitrogens is 3. The zero-order valence-corrected chi connectivity index (χ0v) is 79.7. The van der Waals surface area contributed by atoms with E-state index in [2.05, 4.69) is 53.3 Å². The molecule has 15 rings (SSSR count). The Bertz CT molecular complexity index is 5970. The molecule has 5 fully saturated rings. The fourth-order valence-corrected chi connectivity index (χ4v) is 17.5. The van der Waals surface area contributed by atoms with Crippen molar-refractivity contribution in [3.8, 4) is 11.4 Å². The third-order valence-corrected chi connectivity index (χ3v) is 25.3. The summed E-state index contributed by atoms with van der Waals surface area (Å²) < 4.78 is 195. The average Bonchev–Trinajstić information content (AvgIpc) is 1.62. The van der Waals surface area contributed by atoms with Gasteiger partial charge in [-0.05, 0) is 206 Å². The van der Waals surface area contributed by atoms with Gasteiger partial charge in [-0.25, -0.2) is 67.6 Å². The number of carboxylic acid groups (broad SMARTS) is 1. The third-order valence-electron chi connectivity index (χ3n) is 24.0. The Morgan fingerprint density at radius 3 is 1.47 bits per heavy atom. The average molecular weight is 1940 g/mol. The van der Waals surface area contributed by atoms with Crippen molar-refractivity contribution in [2.75, 3.05) is 82.2 Å². The number of benzene rings is 9. The van der Waals surface area contributed by atoms with Crippen LogP contribution in [0.15, 0.2) is 236 Å². The first-order chi connectivity index (χ1) is 64.2. The molecule has 5 aliphatic rings. The molecule has 137 heavy (non-hydrogen) atoms. The number of ether oxygens (including phenoxy) is 5. The van der Waals surface area contributed by atoms with Crippen molar-refractivity contribution < 1.29 is 146 Å². The van der Waals surface area contributed by atoms with Crippen LogP contribution in [-0.4, -0.2) is 151 Å². The van der Waals surface area contributed by atoms with Crippen LogP contribution >= 0.6 is 0 Å². The second kappa shape index (κ2) is 50.3. The van der Waals surface area contributed by atoms with E-state index in [1.54, 1.807) is 32.9 Å². The summed E-state index contributed by atoms with van der Waals surface area (Å²) >= 11 is 0. The molecule has 10 aromatic rings. The van der Waals surface area contributed by atoms with Gasteiger partial charge >= 0.3 is 47.3 Å². The van der Waals surface area contributed by atoms with Gasteiger partial charge in [0.1, 0.15) is 82.6 Å². The molecule has 5 saturated heterocycles. The SMILES string of the molecule is C.C=C.C=C(CCC(=O)O)c1ccc(F)cc1F.C=C(C[C@@H](CO)C(=O)N1C(=O)OC[C@H]1Cc1ccccc1)c1ccc(F)cc1F.CC(=O)[C@@H]1CO[C@@](C)(c2ccc(F)cc2F)C1.CC[C@@H]([C@H](C)O)n1ncn(-c2ccc(N3CCN(c4ccc(OC[C@@H]5CO[C@@](C)(c6ccc(F)cc6F)C5)cc4)CC3)cc2)c1=O.Cc1ccc(S(=O)(=O)OC[C@@H]2CO[C@@](C)(c3ccc(F)cc3F)C2)cc1.[H-].[Na+]. The molecule has 2 amide bonds. The number of aliphatic hydroxyl groups is 2. The zero-order chi connectivity index (χ0) is 98.4. The predicted octanol–water partition coefficient (Wildman–Crippen LogP) is 17.0. The molecule has 0 saturated carbocycles. The van der Waals surface area contributed by atoms with Gasteiger partial charge in [0.15, 0.2) is 0 Å². The van der Waals surface area contributed by atoms with E-state index >= 15 is 0 Å². The van der Waals surface area contributed by atoms with E-state index in [9.17, 15) is 86.5 Å². The minimum absolute atomic E-state index is 0. The molecule has 0 bridgehead atoms. The summed E-state index contributed by atoms with van der Waals surface area (Å²) in [6.45, 7) is 29.9. The monoisotopic (exact) mass is 1940 g/mol. The maximum atomic E-state index is 14.4. The smallest absolute Gasteiger partial charge is 1.00 e. The number of imide groups is 1. The van der Waals surface area contributed by atoms with Crippen LogP contribution in [0.3, 0.4) is 0 Å². The van der Waals surface area contributed by atoms with Gasteiger partial charge < -0.3 is 50.2 Å². The van der Waals surface area contributed by atoms with Crippen LogP contribution in [-0.2, 0) is 70.9 Å². The molecule has 6 heterocycles. The van der Waals surface area contributed by atoms with E-state index < -0.39 is 128 Å². The van der Waals surface area contributed by atoms with Crippen molar-refractivity contribution in [2.24, 2.45) is 23.7 Å². The molecule has 5 aliphatic heterocycles. The topological polar surface area (TPSA) is 268 Å². The van der Waals surface area contributed by atoms with Crippen LogP contribution in [0.25, 0.3) is 16.8 Å². The molecular weight excluding hydrogens is 1820 g/mol. The van der Waals surface area contributed by atoms with E-state index in [4.69, 9.17) is 33.0 Å². The van der Waals surface area contributed by atoms with Crippen molar-refractivity contribution in [1.82, 2.24) is 19.2 Å². The quantitative estimate of drug-likeness (QED) is 0.0178. The van der Waals surface area contributed by atoms with Gasteiger partial charge in [-0.2, -0.15) is 13.5 Å². The van der Waals surface area contributed by atoms with Gasteiger partial charge in [-0.1, -0.05) is 93.7 Å². The second-order valence-corrected chi connectivity index (χ2v) is 35.6. The molecule has 9 aromatic carbocycles. The van der Waals surface area contributed by atoms with Gasteiger partial charge in [0.2, 0.25) is 5.91 Å². The van der Waals surface area contributed by atoms with E-state index in [0.717, 1.165) is 107 Å². The van der Waals surface area contributed by atoms with Crippen molar-refractivity contribution in [3.05, 3.63) is 334 Å². The number of Topliss-reactive ketones (excluding diaryl/α,β-unsaturated/α-hetero) is 1. The molecular formula is C103H115F10N6NaO16S. The molecule has 3 N–H and O–H groups in total. The standard InChI is InChI=1S/C35H41F2N5O4.C22H21F2NO4.C19H20F2O4S.C13H14F2O2.C11H10F2O2.C2H4.CH4.Na.H/c1-4-33(24(2)43)42-34(44)41(23-38-42)29-8-6-27(7-9-29)39-15-17-40(18-16-39)28-10-12-30(13-11-28)45-21-25-20-35(3,46-22-25)31-14-5-26(36)19-32(31)37;1-14(19-8-7-17(23)11-20(19)24)9-16(12-26)21(27)25-18(13-29-22(25)28)10-15-5-3-2-4-6-15;1-13-3-6-16(7-4-13)26(22,23)25-12-14-10-19(2,24-11-14)17-8-5-15(20)9-18(17)21;1-8(16)9-6-13(2,17-7-9)11-4-3-10(14)5-12(11)15;1-7(2-5-11(14)15)9-4-3-8(12)6-10(9)13;1-2;;;/h5-14,19,23-25,33,43H,4,15-18,20-22H2,1-3H3;2-8,11,16,18,26H,1,9-10,12-13H2;3-9,14H,10-12H2,1-2H3;3-5,9H,6-7H2,1-2H3;3-4,6H,1-2,5H2,(H,14,15);1-2H2;1H4;;/q;;;;;;;+1;-1/t24-,25+,33-,35+;16-,18+;14-,19+;9-,13+;;;;;/m0000...../s1. The minimum Gasteiger partial charge on any atom is -1.00 e. The number of piperazine rings is 1. The number of nitrogens with zero attached hydrogens (tertiary/aromatic N) is 6. The number of cyclic esters (lactones) is 1. The normalized spacial score (nSPS) is 19.9. The number of hydrogen-bond donors (Lipinski definition) is 3. The zero-order valence-electron chi connectivity index (χ0n) is 77.9. The summed E-state index contributed by atoms with van der Waals surface area (Å²) in [6, 6.07) is 47.5. The number of carboxylic acids is 1. The van der Waals surface area contributed by atoms with Crippen LogP contribution in [0.2, 0.25) is 0 Å². The number of rotatable bonds is 28. The summed E-state index contributed by atoms with van der Waals surface area (Å²) in [5.41, 5.74) is 3.73. The Balaban J connectivity index is 0.000000246. The fraction of sp³-hybridized carbons (Fsp3) is 0.359. The maximum Gasteiger partial charge on any atom is 1.00 e. The summed E-state index contributed by atoms with van der Waals surface area (Å²) in [5, 5.41) is 32.4. The molecule has 22 nitrogen and oxygen atoms in total. The minimum atomic E-state index is -3.86. The number of aliphatic hydroxyl groups excluding tert-OH is 2. The van der Waals surface area contributed by atoms with E-state index in [0.29, 0.717) is 68.6 Å². The first-order valence-electron chi connectivity index (χ1n) is 43.7. The Kier molecular flexibility index (Phi) is 40.7. The van der Waals surface area contributed by atoms with E-state index in [1.807, 2.05) is 87.5 Å². The molecule has 0 radical (unpaired) electrons. The number of aryl methyl sites for hydroxylation is 1. The number of anilines is 2. The van der Waals surface area contributed by atoms with E-state index in [-0.39, 0.29) is 140 Å². The Hall–Kier alpha value is -11.4. The number of ketones is 1. The number of amides is 2. The van der Waals surface area contributed by atoms with Gasteiger partial charge in [0.25, 0.3) is 10.1 Å². The first-order valence-corrected chi connectivity index (χ1v) is 45.1. The summed E-state index contributed by atoms with van der Waals surface area (Å²) in [4.78, 5) is 65.4. The number of aliphatic carboxylic acids is 1. The van der Waals surface area contributed by atoms with Crippen LogP contribution in [0.5, 0.6) is 5.75 Å². The van der Waals surface area contributed by atoms with Crippen LogP contribution < -0.4 is 49.8 Å². The Labute approximate surface area is 815 Å². The Morgan fingerprint density at radius 1 is 0.584 bits per heavy atom. The van der Waals surface area contributed by atoms with Crippen LogP contribution in [0, 0.1) is 88.8 Å². The molecule has 0 spiro atoms. The van der Waals surface area contributed by atoms with E-state index in [1.165, 1.54) is 83.2 Å². The van der Waals surface area contributed by atoms with Crippen molar-refractivity contribution in [2.45, 2.75) is 147 Å². The van der Waals surface area contributed by atoms with Gasteiger partial charge in [-0.15, -0.1) is 13.2 Å². The third kappa shape index (κ3) is 29.4. The number of halogens is 10. The van der Waals surface area contributed by atoms with Crippen molar-refractivity contribution >= 4 is 56.4 Å². The Morgan fingerprint density at radius 2 is 1.03 bits per heavy atom. The number of hydrogen-bond acceptors (Lipinski definition) is 18. The van der Waals surface area contributed by atoms with Gasteiger partial charge in [0, 0.05) is 120 Å².